The van der Waals surface area contributed by atoms with Crippen molar-refractivity contribution in [2.75, 3.05) is 32.7 Å². The highest BCUT2D eigenvalue weighted by Crippen LogP contribution is 2.30. The fraction of sp³-hybridized carbons (Fsp3) is 0.615. The summed E-state index contributed by atoms with van der Waals surface area (Å²) in [6.07, 6.45) is 1.03. The number of aliphatic carboxylic acids is 1. The maximum atomic E-state index is 10.8. The van der Waals surface area contributed by atoms with Crippen molar-refractivity contribution >= 4 is 33.2 Å². The summed E-state index contributed by atoms with van der Waals surface area (Å²) in [5, 5.41) is 8.85. The van der Waals surface area contributed by atoms with Crippen LogP contribution in [0.5, 0.6) is 0 Å². The number of carboxylic acid groups (broad SMARTS) is 1. The van der Waals surface area contributed by atoms with Crippen LogP contribution in [-0.2, 0) is 4.79 Å². The highest BCUT2D eigenvalue weighted by Gasteiger charge is 2.21. The molecule has 1 N–H and O–H groups in total. The molecular formula is C13H19BrN2O2S. The van der Waals surface area contributed by atoms with Crippen LogP contribution in [0.3, 0.4) is 0 Å². The van der Waals surface area contributed by atoms with Crippen molar-refractivity contribution in [2.45, 2.75) is 19.4 Å². The minimum Gasteiger partial charge on any atom is -0.480 e. The molecule has 1 fully saturated rings. The lowest BCUT2D eigenvalue weighted by atomic mass is 10.2. The molecule has 0 radical (unpaired) electrons. The number of nitrogens with zero attached hydrogens (tertiary/aromatic N) is 2. The molecule has 0 aliphatic carbocycles. The number of thiophene rings is 1. The van der Waals surface area contributed by atoms with E-state index < -0.39 is 5.97 Å². The molecule has 0 bridgehead atoms. The smallest absolute Gasteiger partial charge is 0.317 e. The number of carboxylic acids is 1. The van der Waals surface area contributed by atoms with E-state index in [-0.39, 0.29) is 6.54 Å². The fourth-order valence-electron chi connectivity index (χ4n) is 2.46. The number of halogens is 1. The Balaban J connectivity index is 1.93. The molecule has 19 heavy (non-hydrogen) atoms. The number of hydrogen-bond donors (Lipinski definition) is 1. The Kier molecular flexibility index (Phi) is 5.38. The van der Waals surface area contributed by atoms with Crippen LogP contribution in [0.25, 0.3) is 0 Å². The first-order valence-corrected chi connectivity index (χ1v) is 8.10. The fourth-order valence-corrected chi connectivity index (χ4v) is 3.97. The molecule has 1 aliphatic heterocycles. The Morgan fingerprint density at radius 1 is 1.42 bits per heavy atom. The van der Waals surface area contributed by atoms with Gasteiger partial charge in [0, 0.05) is 37.1 Å². The van der Waals surface area contributed by atoms with E-state index in [1.165, 1.54) is 4.88 Å². The summed E-state index contributed by atoms with van der Waals surface area (Å²) in [6, 6.07) is 4.66. The third-order valence-corrected chi connectivity index (χ3v) is 5.33. The zero-order valence-electron chi connectivity index (χ0n) is 11.0. The first-order chi connectivity index (χ1) is 9.06. The van der Waals surface area contributed by atoms with Gasteiger partial charge < -0.3 is 5.11 Å². The second-order valence-corrected chi connectivity index (χ2v) is 7.37. The van der Waals surface area contributed by atoms with Crippen LogP contribution in [0.15, 0.2) is 15.9 Å². The molecule has 106 valence electrons. The topological polar surface area (TPSA) is 43.8 Å². The summed E-state index contributed by atoms with van der Waals surface area (Å²) < 4.78 is 1.16. The minimum atomic E-state index is -0.733. The summed E-state index contributed by atoms with van der Waals surface area (Å²) in [5.74, 6) is -0.733. The first-order valence-electron chi connectivity index (χ1n) is 6.49. The van der Waals surface area contributed by atoms with Crippen LogP contribution in [0.4, 0.5) is 0 Å². The Morgan fingerprint density at radius 2 is 2.21 bits per heavy atom. The van der Waals surface area contributed by atoms with E-state index in [9.17, 15) is 4.79 Å². The zero-order chi connectivity index (χ0) is 13.8. The van der Waals surface area contributed by atoms with Gasteiger partial charge in [-0.15, -0.1) is 11.3 Å². The lowest BCUT2D eigenvalue weighted by Crippen LogP contribution is -2.34. The van der Waals surface area contributed by atoms with Gasteiger partial charge in [-0.1, -0.05) is 0 Å². The van der Waals surface area contributed by atoms with Gasteiger partial charge in [-0.05, 0) is 41.4 Å². The van der Waals surface area contributed by atoms with Crippen molar-refractivity contribution in [1.82, 2.24) is 9.80 Å². The van der Waals surface area contributed by atoms with Crippen LogP contribution < -0.4 is 0 Å². The summed E-state index contributed by atoms with van der Waals surface area (Å²) in [6.45, 7) is 6.07. The molecular weight excluding hydrogens is 328 g/mol. The van der Waals surface area contributed by atoms with Crippen LogP contribution in [0, 0.1) is 0 Å². The summed E-state index contributed by atoms with van der Waals surface area (Å²) in [7, 11) is 0. The monoisotopic (exact) mass is 346 g/mol. The maximum absolute atomic E-state index is 10.8. The van der Waals surface area contributed by atoms with Gasteiger partial charge >= 0.3 is 5.97 Å². The SMILES string of the molecule is CC(c1ccc(Br)s1)N1CCCN(CC(=O)O)CC1. The van der Waals surface area contributed by atoms with Gasteiger partial charge in [0.2, 0.25) is 0 Å². The van der Waals surface area contributed by atoms with Crippen molar-refractivity contribution < 1.29 is 9.90 Å². The average molecular weight is 347 g/mol. The largest absolute Gasteiger partial charge is 0.480 e. The molecule has 6 heteroatoms. The van der Waals surface area contributed by atoms with Crippen molar-refractivity contribution in [1.29, 1.82) is 0 Å². The minimum absolute atomic E-state index is 0.159. The number of rotatable bonds is 4. The molecule has 1 aromatic rings. The average Bonchev–Trinajstić information content (AvgIpc) is 2.65. The molecule has 0 saturated carbocycles. The van der Waals surface area contributed by atoms with Gasteiger partial charge in [0.05, 0.1) is 10.3 Å². The molecule has 1 saturated heterocycles. The molecule has 2 heterocycles. The van der Waals surface area contributed by atoms with Crippen LogP contribution in [0.2, 0.25) is 0 Å². The number of carbonyl (C=O) groups is 1. The van der Waals surface area contributed by atoms with E-state index in [1.54, 1.807) is 11.3 Å². The van der Waals surface area contributed by atoms with E-state index in [1.807, 2.05) is 4.90 Å². The Bertz CT molecular complexity index is 438. The van der Waals surface area contributed by atoms with Crippen molar-refractivity contribution in [2.24, 2.45) is 0 Å². The number of hydrogen-bond acceptors (Lipinski definition) is 4. The molecule has 0 spiro atoms. The summed E-state index contributed by atoms with van der Waals surface area (Å²) in [5.41, 5.74) is 0. The molecule has 1 unspecified atom stereocenters. The van der Waals surface area contributed by atoms with Crippen molar-refractivity contribution in [3.8, 4) is 0 Å². The third kappa shape index (κ3) is 4.27. The zero-order valence-corrected chi connectivity index (χ0v) is 13.4. The molecule has 2 rings (SSSR count). The van der Waals surface area contributed by atoms with E-state index in [0.717, 1.165) is 36.4 Å². The van der Waals surface area contributed by atoms with Gasteiger partial charge in [-0.3, -0.25) is 14.6 Å². The predicted molar refractivity (Wildman–Crippen MR) is 80.7 cm³/mol. The van der Waals surface area contributed by atoms with Crippen LogP contribution in [0.1, 0.15) is 24.3 Å². The van der Waals surface area contributed by atoms with Crippen molar-refractivity contribution in [3.63, 3.8) is 0 Å². The molecule has 0 amide bonds. The molecule has 1 atom stereocenters. The van der Waals surface area contributed by atoms with Crippen LogP contribution in [-0.4, -0.2) is 53.6 Å². The van der Waals surface area contributed by atoms with Crippen molar-refractivity contribution in [3.05, 3.63) is 20.8 Å². The van der Waals surface area contributed by atoms with Gasteiger partial charge in [0.1, 0.15) is 0 Å². The Labute approximate surface area is 126 Å². The van der Waals surface area contributed by atoms with E-state index in [2.05, 4.69) is 39.9 Å². The van der Waals surface area contributed by atoms with E-state index >= 15 is 0 Å². The molecule has 1 aromatic heterocycles. The molecule has 0 aromatic carbocycles. The summed E-state index contributed by atoms with van der Waals surface area (Å²) >= 11 is 5.28. The lowest BCUT2D eigenvalue weighted by molar-refractivity contribution is -0.138. The first kappa shape index (κ1) is 15.0. The van der Waals surface area contributed by atoms with Gasteiger partial charge in [-0.25, -0.2) is 0 Å². The van der Waals surface area contributed by atoms with Crippen LogP contribution >= 0.6 is 27.3 Å². The van der Waals surface area contributed by atoms with Gasteiger partial charge in [0.25, 0.3) is 0 Å². The predicted octanol–water partition coefficient (Wildman–Crippen LogP) is 2.66. The van der Waals surface area contributed by atoms with E-state index in [0.29, 0.717) is 6.04 Å². The highest BCUT2D eigenvalue weighted by atomic mass is 79.9. The second-order valence-electron chi connectivity index (χ2n) is 4.88. The molecule has 1 aliphatic rings. The Morgan fingerprint density at radius 3 is 2.84 bits per heavy atom. The van der Waals surface area contributed by atoms with Gasteiger partial charge in [-0.2, -0.15) is 0 Å². The maximum Gasteiger partial charge on any atom is 0.317 e. The molecule has 4 nitrogen and oxygen atoms in total. The van der Waals surface area contributed by atoms with Gasteiger partial charge in [0.15, 0.2) is 0 Å². The quantitative estimate of drug-likeness (QED) is 0.910. The standard InChI is InChI=1S/C13H19BrN2O2S/c1-10(11-3-4-12(14)19-11)16-6-2-5-15(7-8-16)9-13(17)18/h3-4,10H,2,5-9H2,1H3,(H,17,18). The van der Waals surface area contributed by atoms with E-state index in [4.69, 9.17) is 5.11 Å². The normalized spacial score (nSPS) is 20.1. The Hall–Kier alpha value is -0.430. The third-order valence-electron chi connectivity index (χ3n) is 3.54. The second kappa shape index (κ2) is 6.83. The summed E-state index contributed by atoms with van der Waals surface area (Å²) in [4.78, 5) is 16.6. The lowest BCUT2D eigenvalue weighted by Gasteiger charge is -2.26. The highest BCUT2D eigenvalue weighted by molar-refractivity contribution is 9.11.